The van der Waals surface area contributed by atoms with Crippen molar-refractivity contribution in [3.05, 3.63) is 29.3 Å². The smallest absolute Gasteiger partial charge is 0.139 e. The van der Waals surface area contributed by atoms with Crippen LogP contribution in [0.15, 0.2) is 18.2 Å². The highest BCUT2D eigenvalue weighted by Crippen LogP contribution is 2.63. The summed E-state index contributed by atoms with van der Waals surface area (Å²) in [6.45, 7) is 2.26. The zero-order valence-electron chi connectivity index (χ0n) is 13.9. The largest absolute Gasteiger partial charge is 0.508 e. The molecule has 23 heavy (non-hydrogen) atoms. The zero-order chi connectivity index (χ0) is 15.8. The summed E-state index contributed by atoms with van der Waals surface area (Å²) in [7, 11) is 0. The van der Waals surface area contributed by atoms with E-state index in [-0.39, 0.29) is 5.41 Å². The summed E-state index contributed by atoms with van der Waals surface area (Å²) in [6, 6.07) is 6.04. The van der Waals surface area contributed by atoms with Gasteiger partial charge in [0, 0.05) is 11.8 Å². The quantitative estimate of drug-likeness (QED) is 0.832. The van der Waals surface area contributed by atoms with Gasteiger partial charge in [-0.2, -0.15) is 0 Å². The first-order chi connectivity index (χ1) is 11.1. The summed E-state index contributed by atoms with van der Waals surface area (Å²) < 4.78 is 0. The van der Waals surface area contributed by atoms with E-state index in [1.807, 2.05) is 12.1 Å². The molecule has 0 saturated heterocycles. The van der Waals surface area contributed by atoms with Crippen LogP contribution in [0.3, 0.4) is 0 Å². The first-order valence-electron chi connectivity index (χ1n) is 9.43. The fourth-order valence-corrected chi connectivity index (χ4v) is 6.45. The minimum atomic E-state index is -0.0390. The van der Waals surface area contributed by atoms with Gasteiger partial charge < -0.3 is 5.11 Å². The van der Waals surface area contributed by atoms with Crippen molar-refractivity contribution in [1.82, 2.24) is 0 Å². The number of aromatic hydroxyl groups is 1. The van der Waals surface area contributed by atoms with Gasteiger partial charge in [-0.25, -0.2) is 0 Å². The molecule has 3 saturated carbocycles. The molecule has 4 aliphatic rings. The van der Waals surface area contributed by atoms with Crippen molar-refractivity contribution < 1.29 is 9.90 Å². The number of hydrogen-bond acceptors (Lipinski definition) is 2. The lowest BCUT2D eigenvalue weighted by Gasteiger charge is -2.52. The molecule has 2 nitrogen and oxygen atoms in total. The van der Waals surface area contributed by atoms with Gasteiger partial charge in [0.25, 0.3) is 0 Å². The zero-order valence-corrected chi connectivity index (χ0v) is 13.9. The monoisotopic (exact) mass is 310 g/mol. The Labute approximate surface area is 138 Å². The first kappa shape index (κ1) is 14.1. The van der Waals surface area contributed by atoms with Crippen LogP contribution in [0, 0.1) is 29.1 Å². The number of phenolic OH excluding ortho intramolecular Hbond substituents is 1. The molecule has 1 aromatic rings. The molecular weight excluding hydrogens is 284 g/mol. The average molecular weight is 310 g/mol. The van der Waals surface area contributed by atoms with Crippen LogP contribution < -0.4 is 0 Å². The predicted molar refractivity (Wildman–Crippen MR) is 89.3 cm³/mol. The molecule has 0 aromatic heterocycles. The lowest BCUT2D eigenvalue weighted by atomic mass is 9.52. The van der Waals surface area contributed by atoms with Gasteiger partial charge in [0.1, 0.15) is 11.5 Å². The highest BCUT2D eigenvalue weighted by Gasteiger charge is 2.58. The number of hydrogen-bond donors (Lipinski definition) is 1. The molecule has 5 atom stereocenters. The van der Waals surface area contributed by atoms with Gasteiger partial charge >= 0.3 is 0 Å². The first-order valence-corrected chi connectivity index (χ1v) is 9.43. The SMILES string of the molecule is C[C@]12CC[C@@H]3c4ccc(O)cc4C[C@@H](C4CC4)[C@H]3[C@@H]1CCC2=O. The number of benzene rings is 1. The van der Waals surface area contributed by atoms with Crippen LogP contribution in [0.4, 0.5) is 0 Å². The molecule has 0 bridgehead atoms. The number of fused-ring (bicyclic) bond motifs is 5. The number of carbonyl (C=O) groups excluding carboxylic acids is 1. The van der Waals surface area contributed by atoms with Gasteiger partial charge in [-0.05, 0) is 91.4 Å². The Kier molecular flexibility index (Phi) is 2.82. The lowest BCUT2D eigenvalue weighted by molar-refractivity contribution is -0.130. The van der Waals surface area contributed by atoms with Gasteiger partial charge in [0.15, 0.2) is 0 Å². The van der Waals surface area contributed by atoms with Crippen molar-refractivity contribution >= 4 is 5.78 Å². The summed E-state index contributed by atoms with van der Waals surface area (Å²) in [5.41, 5.74) is 2.82. The molecule has 2 heteroatoms. The molecule has 1 N–H and O–H groups in total. The van der Waals surface area contributed by atoms with Crippen LogP contribution in [0.5, 0.6) is 5.75 Å². The third-order valence-corrected chi connectivity index (χ3v) is 7.75. The van der Waals surface area contributed by atoms with E-state index in [1.165, 1.54) is 24.0 Å². The normalized spacial score (nSPS) is 42.0. The summed E-state index contributed by atoms with van der Waals surface area (Å²) >= 11 is 0. The fourth-order valence-electron chi connectivity index (χ4n) is 6.45. The van der Waals surface area contributed by atoms with E-state index in [1.54, 1.807) is 0 Å². The van der Waals surface area contributed by atoms with Crippen molar-refractivity contribution in [2.75, 3.05) is 0 Å². The van der Waals surface area contributed by atoms with Crippen LogP contribution >= 0.6 is 0 Å². The van der Waals surface area contributed by atoms with Crippen LogP contribution in [-0.4, -0.2) is 10.9 Å². The maximum atomic E-state index is 12.6. The lowest BCUT2D eigenvalue weighted by Crippen LogP contribution is -2.46. The predicted octanol–water partition coefficient (Wildman–Crippen LogP) is 4.45. The average Bonchev–Trinajstić information content (AvgIpc) is 3.32. The molecule has 1 aromatic carbocycles. The Hall–Kier alpha value is -1.31. The minimum Gasteiger partial charge on any atom is -0.508 e. The molecule has 0 aliphatic heterocycles. The van der Waals surface area contributed by atoms with Gasteiger partial charge in [0.2, 0.25) is 0 Å². The second kappa shape index (κ2) is 4.62. The van der Waals surface area contributed by atoms with E-state index in [0.29, 0.717) is 29.3 Å². The van der Waals surface area contributed by atoms with E-state index in [4.69, 9.17) is 0 Å². The number of ketones is 1. The maximum Gasteiger partial charge on any atom is 0.139 e. The van der Waals surface area contributed by atoms with Crippen LogP contribution in [0.25, 0.3) is 0 Å². The maximum absolute atomic E-state index is 12.6. The molecule has 0 heterocycles. The summed E-state index contributed by atoms with van der Waals surface area (Å²) in [6.07, 6.45) is 8.02. The molecule has 122 valence electrons. The Morgan fingerprint density at radius 1 is 1.17 bits per heavy atom. The standard InChI is InChI=1S/C21H26O2/c1-21-9-8-16-15-5-4-14(22)10-13(15)11-17(12-2-3-12)20(16)18(21)6-7-19(21)23/h4-5,10,12,16-18,20,22H,2-3,6-9,11H2,1H3/t16-,17+,18+,20+,21+/m1/s1. The van der Waals surface area contributed by atoms with E-state index in [9.17, 15) is 9.90 Å². The van der Waals surface area contributed by atoms with Crippen LogP contribution in [-0.2, 0) is 11.2 Å². The molecule has 0 spiro atoms. The molecule has 3 fully saturated rings. The van der Waals surface area contributed by atoms with Crippen molar-refractivity contribution in [3.8, 4) is 5.75 Å². The number of carbonyl (C=O) groups is 1. The molecule has 5 rings (SSSR count). The topological polar surface area (TPSA) is 37.3 Å². The van der Waals surface area contributed by atoms with Gasteiger partial charge in [-0.3, -0.25) is 4.79 Å². The Morgan fingerprint density at radius 2 is 2.00 bits per heavy atom. The van der Waals surface area contributed by atoms with Crippen molar-refractivity contribution in [2.24, 2.45) is 29.1 Å². The van der Waals surface area contributed by atoms with Crippen LogP contribution in [0.1, 0.15) is 62.5 Å². The van der Waals surface area contributed by atoms with Gasteiger partial charge in [-0.15, -0.1) is 0 Å². The fraction of sp³-hybridized carbons (Fsp3) is 0.667. The van der Waals surface area contributed by atoms with E-state index in [2.05, 4.69) is 13.0 Å². The van der Waals surface area contributed by atoms with Crippen molar-refractivity contribution in [1.29, 1.82) is 0 Å². The number of phenols is 1. The second-order valence-electron chi connectivity index (χ2n) is 8.80. The minimum absolute atomic E-state index is 0.0390. The number of Topliss-reactive ketones (excluding diaryl/α,β-unsaturated/α-hetero) is 1. The highest BCUT2D eigenvalue weighted by molar-refractivity contribution is 5.87. The second-order valence-corrected chi connectivity index (χ2v) is 8.80. The Morgan fingerprint density at radius 3 is 2.78 bits per heavy atom. The molecule has 0 radical (unpaired) electrons. The Balaban J connectivity index is 1.61. The molecule has 4 aliphatic carbocycles. The van der Waals surface area contributed by atoms with Gasteiger partial charge in [-0.1, -0.05) is 13.0 Å². The molecule has 0 amide bonds. The van der Waals surface area contributed by atoms with Crippen LogP contribution in [0.2, 0.25) is 0 Å². The van der Waals surface area contributed by atoms with Gasteiger partial charge in [0.05, 0.1) is 0 Å². The number of rotatable bonds is 1. The van der Waals surface area contributed by atoms with Crippen molar-refractivity contribution in [2.45, 2.75) is 57.8 Å². The van der Waals surface area contributed by atoms with E-state index in [0.717, 1.165) is 43.9 Å². The highest BCUT2D eigenvalue weighted by atomic mass is 16.3. The third kappa shape index (κ3) is 1.90. The summed E-state index contributed by atoms with van der Waals surface area (Å²) in [5.74, 6) is 4.47. The molecular formula is C21H26O2. The Bertz CT molecular complexity index is 674. The van der Waals surface area contributed by atoms with E-state index < -0.39 is 0 Å². The molecule has 0 unspecified atom stereocenters. The summed E-state index contributed by atoms with van der Waals surface area (Å²) in [4.78, 5) is 12.6. The third-order valence-electron chi connectivity index (χ3n) is 7.75. The summed E-state index contributed by atoms with van der Waals surface area (Å²) in [5, 5.41) is 9.91. The van der Waals surface area contributed by atoms with E-state index >= 15 is 0 Å². The van der Waals surface area contributed by atoms with Crippen molar-refractivity contribution in [3.63, 3.8) is 0 Å².